The van der Waals surface area contributed by atoms with E-state index in [1.165, 1.54) is 5.56 Å². The van der Waals surface area contributed by atoms with Gasteiger partial charge in [0.05, 0.1) is 6.61 Å². The number of fused-ring (bicyclic) bond motifs is 1. The minimum absolute atomic E-state index is 0.168. The third kappa shape index (κ3) is 4.40. The van der Waals surface area contributed by atoms with Crippen LogP contribution in [0.1, 0.15) is 38.2 Å². The average molecular weight is 344 g/mol. The van der Waals surface area contributed by atoms with Crippen LogP contribution in [0.15, 0.2) is 24.3 Å². The molecular formula is C20H28N2O3. The minimum Gasteiger partial charge on any atom is -0.381 e. The second-order valence-corrected chi connectivity index (χ2v) is 6.94. The number of benzene rings is 1. The molecule has 1 saturated heterocycles. The standard InChI is InChI=1S/C20H28N2O3/c1-2-21(14-16-11-13-25-15-16)19(23)8-5-12-22-18-7-4-3-6-17(18)9-10-20(22)24/h3-4,6-7,16H,2,5,8-15H2,1H3/t16-/m1/s1. The van der Waals surface area contributed by atoms with Crippen LogP contribution in [0.5, 0.6) is 0 Å². The second-order valence-electron chi connectivity index (χ2n) is 6.94. The Balaban J connectivity index is 1.51. The first-order chi connectivity index (χ1) is 12.2. The summed E-state index contributed by atoms with van der Waals surface area (Å²) in [6.07, 6.45) is 3.62. The second kappa shape index (κ2) is 8.48. The van der Waals surface area contributed by atoms with Gasteiger partial charge in [0.25, 0.3) is 0 Å². The molecule has 0 unspecified atom stereocenters. The highest BCUT2D eigenvalue weighted by Crippen LogP contribution is 2.27. The van der Waals surface area contributed by atoms with E-state index in [0.717, 1.165) is 44.8 Å². The molecule has 0 bridgehead atoms. The first kappa shape index (κ1) is 17.9. The molecule has 5 nitrogen and oxygen atoms in total. The van der Waals surface area contributed by atoms with Crippen LogP contribution in [0.2, 0.25) is 0 Å². The van der Waals surface area contributed by atoms with Crippen LogP contribution in [0, 0.1) is 5.92 Å². The maximum atomic E-state index is 12.5. The van der Waals surface area contributed by atoms with E-state index in [0.29, 0.717) is 31.7 Å². The summed E-state index contributed by atoms with van der Waals surface area (Å²) >= 11 is 0. The maximum Gasteiger partial charge on any atom is 0.227 e. The number of carbonyl (C=O) groups excluding carboxylic acids is 2. The van der Waals surface area contributed by atoms with Gasteiger partial charge in [-0.25, -0.2) is 0 Å². The Morgan fingerprint density at radius 3 is 2.92 bits per heavy atom. The van der Waals surface area contributed by atoms with Crippen LogP contribution in [0.4, 0.5) is 5.69 Å². The van der Waals surface area contributed by atoms with Crippen LogP contribution in [-0.2, 0) is 20.7 Å². The molecule has 2 aliphatic rings. The fraction of sp³-hybridized carbons (Fsp3) is 0.600. The number of para-hydroxylation sites is 1. The predicted octanol–water partition coefficient (Wildman–Crippen LogP) is 2.63. The van der Waals surface area contributed by atoms with Gasteiger partial charge in [0.2, 0.25) is 11.8 Å². The summed E-state index contributed by atoms with van der Waals surface area (Å²) in [7, 11) is 0. The Bertz CT molecular complexity index is 611. The van der Waals surface area contributed by atoms with E-state index in [2.05, 4.69) is 6.07 Å². The normalized spacial score (nSPS) is 19.8. The van der Waals surface area contributed by atoms with Crippen molar-refractivity contribution in [1.82, 2.24) is 4.90 Å². The van der Waals surface area contributed by atoms with Gasteiger partial charge in [0.1, 0.15) is 0 Å². The number of ether oxygens (including phenoxy) is 1. The molecule has 5 heteroatoms. The van der Waals surface area contributed by atoms with Crippen molar-refractivity contribution in [3.8, 4) is 0 Å². The van der Waals surface area contributed by atoms with Gasteiger partial charge < -0.3 is 14.5 Å². The number of carbonyl (C=O) groups is 2. The van der Waals surface area contributed by atoms with Gasteiger partial charge in [-0.3, -0.25) is 9.59 Å². The summed E-state index contributed by atoms with van der Waals surface area (Å²) in [4.78, 5) is 28.6. The van der Waals surface area contributed by atoms with Crippen LogP contribution in [0.3, 0.4) is 0 Å². The SMILES string of the molecule is CCN(C[C@H]1CCOC1)C(=O)CCCN1C(=O)CCc2ccccc21. The lowest BCUT2D eigenvalue weighted by molar-refractivity contribution is -0.131. The highest BCUT2D eigenvalue weighted by Gasteiger charge is 2.24. The summed E-state index contributed by atoms with van der Waals surface area (Å²) in [5.74, 6) is 0.827. The zero-order chi connectivity index (χ0) is 17.6. The minimum atomic E-state index is 0.168. The smallest absolute Gasteiger partial charge is 0.227 e. The molecule has 136 valence electrons. The third-order valence-corrected chi connectivity index (χ3v) is 5.20. The van der Waals surface area contributed by atoms with Crippen molar-refractivity contribution in [3.63, 3.8) is 0 Å². The van der Waals surface area contributed by atoms with Gasteiger partial charge in [-0.2, -0.15) is 0 Å². The van der Waals surface area contributed by atoms with Crippen LogP contribution >= 0.6 is 0 Å². The third-order valence-electron chi connectivity index (χ3n) is 5.20. The maximum absolute atomic E-state index is 12.5. The van der Waals surface area contributed by atoms with Gasteiger partial charge in [-0.15, -0.1) is 0 Å². The van der Waals surface area contributed by atoms with E-state index < -0.39 is 0 Å². The molecule has 0 N–H and O–H groups in total. The van der Waals surface area contributed by atoms with Crippen molar-refractivity contribution in [3.05, 3.63) is 29.8 Å². The Labute approximate surface area is 149 Å². The van der Waals surface area contributed by atoms with Gasteiger partial charge in [0.15, 0.2) is 0 Å². The van der Waals surface area contributed by atoms with Crippen molar-refractivity contribution in [2.24, 2.45) is 5.92 Å². The molecule has 1 fully saturated rings. The molecular weight excluding hydrogens is 316 g/mol. The lowest BCUT2D eigenvalue weighted by Gasteiger charge is -2.30. The van der Waals surface area contributed by atoms with Crippen LogP contribution in [0.25, 0.3) is 0 Å². The summed E-state index contributed by atoms with van der Waals surface area (Å²) in [6, 6.07) is 8.08. The fourth-order valence-electron chi connectivity index (χ4n) is 3.73. The molecule has 3 rings (SSSR count). The Hall–Kier alpha value is -1.88. The molecule has 1 atom stereocenters. The van der Waals surface area contributed by atoms with E-state index in [1.807, 2.05) is 34.9 Å². The summed E-state index contributed by atoms with van der Waals surface area (Å²) in [6.45, 7) is 5.75. The van der Waals surface area contributed by atoms with E-state index in [4.69, 9.17) is 4.74 Å². The van der Waals surface area contributed by atoms with Crippen molar-refractivity contribution < 1.29 is 14.3 Å². The molecule has 2 heterocycles. The molecule has 0 radical (unpaired) electrons. The fourth-order valence-corrected chi connectivity index (χ4v) is 3.73. The largest absolute Gasteiger partial charge is 0.381 e. The Morgan fingerprint density at radius 1 is 1.32 bits per heavy atom. The first-order valence-electron chi connectivity index (χ1n) is 9.42. The average Bonchev–Trinajstić information content (AvgIpc) is 3.14. The zero-order valence-corrected chi connectivity index (χ0v) is 15.1. The number of amides is 2. The molecule has 25 heavy (non-hydrogen) atoms. The highest BCUT2D eigenvalue weighted by atomic mass is 16.5. The molecule has 2 aliphatic heterocycles. The monoisotopic (exact) mass is 344 g/mol. The molecule has 0 aromatic heterocycles. The van der Waals surface area contributed by atoms with Crippen LogP contribution in [-0.4, -0.2) is 49.6 Å². The lowest BCUT2D eigenvalue weighted by atomic mass is 10.0. The van der Waals surface area contributed by atoms with Gasteiger partial charge in [0, 0.05) is 50.7 Å². The molecule has 0 spiro atoms. The number of rotatable bonds is 7. The molecule has 1 aromatic carbocycles. The summed E-state index contributed by atoms with van der Waals surface area (Å²) < 4.78 is 5.41. The van der Waals surface area contributed by atoms with Crippen LogP contribution < -0.4 is 4.90 Å². The van der Waals surface area contributed by atoms with E-state index in [9.17, 15) is 9.59 Å². The molecule has 0 aliphatic carbocycles. The topological polar surface area (TPSA) is 49.9 Å². The predicted molar refractivity (Wildman–Crippen MR) is 97.5 cm³/mol. The Kier molecular flexibility index (Phi) is 6.08. The molecule has 0 saturated carbocycles. The number of hydrogen-bond donors (Lipinski definition) is 0. The van der Waals surface area contributed by atoms with E-state index in [1.54, 1.807) is 0 Å². The van der Waals surface area contributed by atoms with E-state index >= 15 is 0 Å². The number of hydrogen-bond acceptors (Lipinski definition) is 3. The van der Waals surface area contributed by atoms with Gasteiger partial charge in [-0.05, 0) is 37.8 Å². The number of nitrogens with zero attached hydrogens (tertiary/aromatic N) is 2. The molecule has 2 amide bonds. The highest BCUT2D eigenvalue weighted by molar-refractivity contribution is 5.96. The van der Waals surface area contributed by atoms with Crippen molar-refractivity contribution in [2.75, 3.05) is 37.7 Å². The van der Waals surface area contributed by atoms with Crippen molar-refractivity contribution >= 4 is 17.5 Å². The van der Waals surface area contributed by atoms with Crippen molar-refractivity contribution in [1.29, 1.82) is 0 Å². The van der Waals surface area contributed by atoms with Crippen molar-refractivity contribution in [2.45, 2.75) is 39.0 Å². The zero-order valence-electron chi connectivity index (χ0n) is 15.1. The first-order valence-corrected chi connectivity index (χ1v) is 9.42. The molecule has 1 aromatic rings. The van der Waals surface area contributed by atoms with Gasteiger partial charge in [-0.1, -0.05) is 18.2 Å². The summed E-state index contributed by atoms with van der Waals surface area (Å²) in [5.41, 5.74) is 2.24. The quantitative estimate of drug-likeness (QED) is 0.764. The van der Waals surface area contributed by atoms with E-state index in [-0.39, 0.29) is 11.8 Å². The number of aryl methyl sites for hydroxylation is 1. The summed E-state index contributed by atoms with van der Waals surface area (Å²) in [5, 5.41) is 0. The lowest BCUT2D eigenvalue weighted by Crippen LogP contribution is -2.38. The van der Waals surface area contributed by atoms with Gasteiger partial charge >= 0.3 is 0 Å². The number of anilines is 1. The Morgan fingerprint density at radius 2 is 2.16 bits per heavy atom.